The van der Waals surface area contributed by atoms with Gasteiger partial charge in [0.2, 0.25) is 6.41 Å². The summed E-state index contributed by atoms with van der Waals surface area (Å²) in [6.07, 6.45) is -4.20. The van der Waals surface area contributed by atoms with Gasteiger partial charge < -0.3 is 14.8 Å². The average molecular weight is 331 g/mol. The Hall–Kier alpha value is -2.13. The van der Waals surface area contributed by atoms with Crippen LogP contribution >= 0.6 is 0 Å². The summed E-state index contributed by atoms with van der Waals surface area (Å²) in [7, 11) is 1.38. The maximum Gasteiger partial charge on any atom is 0.418 e. The average Bonchev–Trinajstić information content (AvgIpc) is 2.46. The molecule has 0 bridgehead atoms. The zero-order valence-corrected chi connectivity index (χ0v) is 12.3. The first-order valence-electron chi connectivity index (χ1n) is 6.76. The molecule has 1 amide bonds. The molecule has 1 aromatic carbocycles. The fraction of sp³-hybridized carbons (Fsp3) is 0.429. The number of nitrogens with zero attached hydrogens (tertiary/aromatic N) is 1. The minimum Gasteiger partial charge on any atom is -0.378 e. The van der Waals surface area contributed by atoms with E-state index in [1.54, 1.807) is 0 Å². The largest absolute Gasteiger partial charge is 0.418 e. The molecule has 1 aliphatic heterocycles. The highest BCUT2D eigenvalue weighted by Crippen LogP contribution is 2.36. The van der Waals surface area contributed by atoms with Gasteiger partial charge in [-0.05, 0) is 12.1 Å². The predicted octanol–water partition coefficient (Wildman–Crippen LogP) is 1.61. The van der Waals surface area contributed by atoms with Crippen molar-refractivity contribution in [2.75, 3.05) is 32.2 Å². The van der Waals surface area contributed by atoms with E-state index in [4.69, 9.17) is 9.47 Å². The Morgan fingerprint density at radius 1 is 1.48 bits per heavy atom. The third-order valence-electron chi connectivity index (χ3n) is 3.19. The lowest BCUT2D eigenvalue weighted by molar-refractivity contribution is -0.137. The van der Waals surface area contributed by atoms with E-state index in [0.29, 0.717) is 19.6 Å². The number of carbonyl (C=O) groups is 1. The fourth-order valence-corrected chi connectivity index (χ4v) is 2.04. The first-order valence-corrected chi connectivity index (χ1v) is 6.76. The number of benzene rings is 1. The summed E-state index contributed by atoms with van der Waals surface area (Å²) in [6.45, 7) is 0.707. The van der Waals surface area contributed by atoms with Crippen LogP contribution < -0.4 is 10.7 Å². The van der Waals surface area contributed by atoms with E-state index >= 15 is 0 Å². The molecule has 0 radical (unpaired) electrons. The predicted molar refractivity (Wildman–Crippen MR) is 77.3 cm³/mol. The molecule has 0 aromatic heterocycles. The number of hydrogen-bond acceptors (Lipinski definition) is 5. The van der Waals surface area contributed by atoms with Crippen LogP contribution in [0.3, 0.4) is 0 Å². The van der Waals surface area contributed by atoms with Crippen molar-refractivity contribution < 1.29 is 27.4 Å². The highest BCUT2D eigenvalue weighted by molar-refractivity contribution is 6.02. The SMILES string of the molecule is COC/C(=N\NC=O)c1ccc(NC2COC2)c(C(F)(F)F)c1. The van der Waals surface area contributed by atoms with Gasteiger partial charge >= 0.3 is 6.18 Å². The summed E-state index contributed by atoms with van der Waals surface area (Å²) in [5, 5.41) is 6.52. The second-order valence-electron chi connectivity index (χ2n) is 4.88. The quantitative estimate of drug-likeness (QED) is 0.452. The highest BCUT2D eigenvalue weighted by atomic mass is 19.4. The second kappa shape index (κ2) is 7.42. The number of hydrazone groups is 1. The number of methoxy groups -OCH3 is 1. The van der Waals surface area contributed by atoms with Crippen LogP contribution in [0.5, 0.6) is 0 Å². The molecule has 1 aromatic rings. The third-order valence-corrected chi connectivity index (χ3v) is 3.19. The molecule has 0 saturated carbocycles. The fourth-order valence-electron chi connectivity index (χ4n) is 2.04. The van der Waals surface area contributed by atoms with Crippen molar-refractivity contribution in [2.24, 2.45) is 5.10 Å². The molecule has 1 aliphatic rings. The number of rotatable bonds is 7. The zero-order chi connectivity index (χ0) is 16.9. The Morgan fingerprint density at radius 2 is 2.22 bits per heavy atom. The molecule has 0 atom stereocenters. The number of carbonyl (C=O) groups excluding carboxylic acids is 1. The molecular weight excluding hydrogens is 315 g/mol. The summed E-state index contributed by atoms with van der Waals surface area (Å²) >= 11 is 0. The Kier molecular flexibility index (Phi) is 5.56. The maximum absolute atomic E-state index is 13.3. The molecule has 1 heterocycles. The summed E-state index contributed by atoms with van der Waals surface area (Å²) < 4.78 is 49.7. The molecular formula is C14H16F3N3O3. The summed E-state index contributed by atoms with van der Waals surface area (Å²) in [5.74, 6) is 0. The van der Waals surface area contributed by atoms with Crippen molar-refractivity contribution in [3.05, 3.63) is 29.3 Å². The normalized spacial score (nSPS) is 15.9. The number of hydrogen-bond donors (Lipinski definition) is 2. The number of amides is 1. The molecule has 126 valence electrons. The minimum atomic E-state index is -4.53. The minimum absolute atomic E-state index is 0.0188. The lowest BCUT2D eigenvalue weighted by Crippen LogP contribution is -2.40. The third kappa shape index (κ3) is 4.42. The summed E-state index contributed by atoms with van der Waals surface area (Å²) in [6, 6.07) is 3.67. The van der Waals surface area contributed by atoms with Gasteiger partial charge in [0.1, 0.15) is 0 Å². The van der Waals surface area contributed by atoms with E-state index in [0.717, 1.165) is 6.07 Å². The van der Waals surface area contributed by atoms with Gasteiger partial charge in [0.25, 0.3) is 0 Å². The van der Waals surface area contributed by atoms with Crippen molar-refractivity contribution in [2.45, 2.75) is 12.2 Å². The number of alkyl halides is 3. The summed E-state index contributed by atoms with van der Waals surface area (Å²) in [5.41, 5.74) is 1.64. The number of ether oxygens (including phenoxy) is 2. The van der Waals surface area contributed by atoms with E-state index in [1.165, 1.54) is 19.2 Å². The first-order chi connectivity index (χ1) is 11.0. The zero-order valence-electron chi connectivity index (χ0n) is 12.3. The molecule has 0 unspecified atom stereocenters. The van der Waals surface area contributed by atoms with Gasteiger partial charge in [-0.1, -0.05) is 6.07 Å². The Bertz CT molecular complexity index is 586. The molecule has 23 heavy (non-hydrogen) atoms. The van der Waals surface area contributed by atoms with E-state index < -0.39 is 11.7 Å². The molecule has 0 spiro atoms. The molecule has 2 rings (SSSR count). The van der Waals surface area contributed by atoms with Crippen molar-refractivity contribution in [3.8, 4) is 0 Å². The van der Waals surface area contributed by atoms with E-state index in [9.17, 15) is 18.0 Å². The Morgan fingerprint density at radius 3 is 2.74 bits per heavy atom. The van der Waals surface area contributed by atoms with Gasteiger partial charge in [-0.25, -0.2) is 5.43 Å². The molecule has 9 heteroatoms. The van der Waals surface area contributed by atoms with Crippen molar-refractivity contribution in [3.63, 3.8) is 0 Å². The highest BCUT2D eigenvalue weighted by Gasteiger charge is 2.35. The van der Waals surface area contributed by atoms with Crippen LogP contribution in [0, 0.1) is 0 Å². The smallest absolute Gasteiger partial charge is 0.378 e. The number of nitrogens with one attached hydrogen (secondary N) is 2. The molecule has 0 aliphatic carbocycles. The van der Waals surface area contributed by atoms with E-state index in [2.05, 4.69) is 15.8 Å². The maximum atomic E-state index is 13.3. The van der Waals surface area contributed by atoms with Gasteiger partial charge in [0, 0.05) is 18.4 Å². The standard InChI is InChI=1S/C14H16F3N3O3/c1-22-7-13(20-18-8-21)9-2-3-12(19-10-5-23-6-10)11(4-9)14(15,16)17/h2-4,8,10,19H,5-7H2,1H3,(H,18,21)/b20-13+. The van der Waals surface area contributed by atoms with Gasteiger partial charge in [-0.3, -0.25) is 4.79 Å². The number of halogens is 3. The summed E-state index contributed by atoms with van der Waals surface area (Å²) in [4.78, 5) is 10.3. The lowest BCUT2D eigenvalue weighted by atomic mass is 10.0. The lowest BCUT2D eigenvalue weighted by Gasteiger charge is -2.29. The topological polar surface area (TPSA) is 72.0 Å². The van der Waals surface area contributed by atoms with Crippen molar-refractivity contribution >= 4 is 17.8 Å². The van der Waals surface area contributed by atoms with Gasteiger partial charge in [0.15, 0.2) is 0 Å². The van der Waals surface area contributed by atoms with Crippen LogP contribution in [0.1, 0.15) is 11.1 Å². The number of anilines is 1. The Balaban J connectivity index is 2.35. The Labute approximate surface area is 130 Å². The van der Waals surface area contributed by atoms with Gasteiger partial charge in [0.05, 0.1) is 37.1 Å². The second-order valence-corrected chi connectivity index (χ2v) is 4.88. The van der Waals surface area contributed by atoms with Gasteiger partial charge in [-0.15, -0.1) is 0 Å². The molecule has 2 N–H and O–H groups in total. The van der Waals surface area contributed by atoms with Crippen LogP contribution in [-0.2, 0) is 20.4 Å². The molecule has 1 saturated heterocycles. The van der Waals surface area contributed by atoms with Crippen LogP contribution in [0.15, 0.2) is 23.3 Å². The molecule has 1 fully saturated rings. The van der Waals surface area contributed by atoms with Crippen LogP contribution in [0.2, 0.25) is 0 Å². The van der Waals surface area contributed by atoms with E-state index in [-0.39, 0.29) is 29.6 Å². The van der Waals surface area contributed by atoms with Crippen molar-refractivity contribution in [1.29, 1.82) is 0 Å². The van der Waals surface area contributed by atoms with Crippen LogP contribution in [0.4, 0.5) is 18.9 Å². The monoisotopic (exact) mass is 331 g/mol. The molecule has 6 nitrogen and oxygen atoms in total. The van der Waals surface area contributed by atoms with Crippen LogP contribution in [-0.4, -0.2) is 45.1 Å². The van der Waals surface area contributed by atoms with Crippen molar-refractivity contribution in [1.82, 2.24) is 5.43 Å². The van der Waals surface area contributed by atoms with Gasteiger partial charge in [-0.2, -0.15) is 18.3 Å². The van der Waals surface area contributed by atoms with E-state index in [1.807, 2.05) is 0 Å². The van der Waals surface area contributed by atoms with Crippen LogP contribution in [0.25, 0.3) is 0 Å². The first kappa shape index (κ1) is 17.2.